The van der Waals surface area contributed by atoms with E-state index in [0.717, 1.165) is 44.3 Å². The molecule has 2 heterocycles. The maximum Gasteiger partial charge on any atom is 0.213 e. The molecule has 90 heavy (non-hydrogen) atoms. The third-order valence-electron chi connectivity index (χ3n) is 19.0. The van der Waals surface area contributed by atoms with Crippen LogP contribution >= 0.6 is 0 Å². The lowest BCUT2D eigenvalue weighted by Gasteiger charge is -2.20. The summed E-state index contributed by atoms with van der Waals surface area (Å²) in [6.07, 6.45) is 0. The predicted octanol–water partition coefficient (Wildman–Crippen LogP) is 24.2. The van der Waals surface area contributed by atoms with E-state index in [0.29, 0.717) is 5.69 Å². The fourth-order valence-electron chi connectivity index (χ4n) is 15.3. The molecule has 0 N–H and O–H groups in total. The van der Waals surface area contributed by atoms with E-state index in [4.69, 9.17) is 16.5 Å². The summed E-state index contributed by atoms with van der Waals surface area (Å²) in [7, 11) is 0. The smallest absolute Gasteiger partial charge is 0.213 e. The van der Waals surface area contributed by atoms with Gasteiger partial charge in [0.1, 0.15) is 0 Å². The van der Waals surface area contributed by atoms with Crippen molar-refractivity contribution in [3.8, 4) is 112 Å². The van der Waals surface area contributed by atoms with Crippen molar-refractivity contribution in [2.75, 3.05) is 0 Å². The molecule has 2 aliphatic carbocycles. The summed E-state index contributed by atoms with van der Waals surface area (Å²) in [6.45, 7) is 16.7. The molecule has 0 aliphatic heterocycles. The molecule has 0 atom stereocenters. The van der Waals surface area contributed by atoms with E-state index in [1.54, 1.807) is 0 Å². The minimum Gasteiger partial charge on any atom is -0.259 e. The quantitative estimate of drug-likeness (QED) is 0.155. The average molecular weight is 1140 g/mol. The van der Waals surface area contributed by atoms with E-state index >= 15 is 0 Å². The van der Waals surface area contributed by atoms with Crippen LogP contribution in [0.25, 0.3) is 181 Å². The number of para-hydroxylation sites is 1. The number of benzene rings is 14. The number of aromatic nitrogens is 2. The number of aryl methyl sites for hydroxylation is 4. The normalized spacial score (nSPS) is 11.8. The first-order valence-electron chi connectivity index (χ1n) is 31.0. The number of hydrogen-bond donors (Lipinski definition) is 0. The van der Waals surface area contributed by atoms with Gasteiger partial charge in [0.15, 0.2) is 0 Å². The van der Waals surface area contributed by atoms with Gasteiger partial charge in [-0.05, 0) is 206 Å². The van der Waals surface area contributed by atoms with Crippen LogP contribution in [0.1, 0.15) is 22.3 Å². The topological polar surface area (TPSA) is 30.1 Å². The van der Waals surface area contributed by atoms with Gasteiger partial charge in [0.2, 0.25) is 5.69 Å². The van der Waals surface area contributed by atoms with Gasteiger partial charge in [0.25, 0.3) is 0 Å². The standard InChI is InChI=1S/C44H31N.C43H26N2/c1-26-23-28(3)44-37(24-26)27(2)25-38(45-44)31-21-22-36-41-32(31)19-12-20-35(41)42-39(29-13-6-4-7-14-29)33-17-10-11-18-34(33)40(43(36)42)30-15-8-5-9-16-30;1-26-13-11-18-29-25-36(44-2)43(45-42(26)29)33-23-24-35-39-32(33)21-12-22-34(39)40-37(27-14-5-3-6-15-27)30-19-9-10-20-31(30)38(41(35)40)28-16-7-4-8-17-28/h4-25H,1-3H3;3-25H,1H3. The third kappa shape index (κ3) is 8.05. The maximum atomic E-state index is 8.09. The fraction of sp³-hybridized carbons (Fsp3) is 0.0460. The molecule has 0 radical (unpaired) electrons. The van der Waals surface area contributed by atoms with Gasteiger partial charge >= 0.3 is 0 Å². The van der Waals surface area contributed by atoms with Crippen molar-refractivity contribution >= 4 is 70.6 Å². The van der Waals surface area contributed by atoms with Crippen molar-refractivity contribution in [1.29, 1.82) is 0 Å². The van der Waals surface area contributed by atoms with Gasteiger partial charge in [-0.25, -0.2) is 9.83 Å². The summed E-state index contributed by atoms with van der Waals surface area (Å²) >= 11 is 0. The van der Waals surface area contributed by atoms with Crippen LogP contribution in [-0.4, -0.2) is 9.97 Å². The van der Waals surface area contributed by atoms with Crippen LogP contribution in [0, 0.1) is 34.3 Å². The van der Waals surface area contributed by atoms with Crippen LogP contribution in [0.5, 0.6) is 0 Å². The van der Waals surface area contributed by atoms with Crippen LogP contribution in [0.15, 0.2) is 273 Å². The molecule has 0 saturated carbocycles. The summed E-state index contributed by atoms with van der Waals surface area (Å²) in [5.41, 5.74) is 31.7. The summed E-state index contributed by atoms with van der Waals surface area (Å²) in [6, 6.07) is 98.7. The fourth-order valence-corrected chi connectivity index (χ4v) is 15.3. The largest absolute Gasteiger partial charge is 0.259 e. The first-order valence-corrected chi connectivity index (χ1v) is 31.0. The highest BCUT2D eigenvalue weighted by Crippen LogP contribution is 2.61. The number of pyridine rings is 2. The second-order valence-corrected chi connectivity index (χ2v) is 24.2. The molecule has 0 fully saturated rings. The molecular weight excluding hydrogens is 1090 g/mol. The van der Waals surface area contributed by atoms with Crippen molar-refractivity contribution in [1.82, 2.24) is 9.97 Å². The molecule has 420 valence electrons. The van der Waals surface area contributed by atoms with Gasteiger partial charge in [0, 0.05) is 10.9 Å². The molecule has 0 unspecified atom stereocenters. The Hall–Kier alpha value is -11.6. The molecular formula is C87H57N3. The van der Waals surface area contributed by atoms with Crippen molar-refractivity contribution in [3.63, 3.8) is 0 Å². The van der Waals surface area contributed by atoms with E-state index < -0.39 is 0 Å². The summed E-state index contributed by atoms with van der Waals surface area (Å²) in [5, 5.41) is 12.2. The highest BCUT2D eigenvalue weighted by molar-refractivity contribution is 6.31. The molecule has 0 spiro atoms. The molecule has 2 aliphatic rings. The number of nitrogens with zero attached hydrogens (tertiary/aromatic N) is 3. The van der Waals surface area contributed by atoms with E-state index in [1.165, 1.54) is 154 Å². The lowest BCUT2D eigenvalue weighted by Crippen LogP contribution is -1.94. The number of fused-ring (bicyclic) bond motifs is 10. The first-order chi connectivity index (χ1) is 44.3. The minimum atomic E-state index is 0.574. The van der Waals surface area contributed by atoms with Gasteiger partial charge in [-0.1, -0.05) is 260 Å². The molecule has 0 bridgehead atoms. The lowest BCUT2D eigenvalue weighted by molar-refractivity contribution is 1.32. The maximum absolute atomic E-state index is 8.09. The predicted molar refractivity (Wildman–Crippen MR) is 380 cm³/mol. The molecule has 3 heteroatoms. The van der Waals surface area contributed by atoms with Gasteiger partial charge in [-0.15, -0.1) is 0 Å². The lowest BCUT2D eigenvalue weighted by atomic mass is 9.82. The average Bonchev–Trinajstić information content (AvgIpc) is 1.54. The van der Waals surface area contributed by atoms with Gasteiger partial charge < -0.3 is 0 Å². The van der Waals surface area contributed by atoms with E-state index in [-0.39, 0.29) is 0 Å². The van der Waals surface area contributed by atoms with Crippen LogP contribution in [0.2, 0.25) is 0 Å². The zero-order valence-electron chi connectivity index (χ0n) is 50.3. The molecule has 0 amide bonds. The summed E-state index contributed by atoms with van der Waals surface area (Å²) in [4.78, 5) is 14.4. The monoisotopic (exact) mass is 1140 g/mol. The van der Waals surface area contributed by atoms with Gasteiger partial charge in [-0.2, -0.15) is 0 Å². The number of rotatable bonds is 6. The van der Waals surface area contributed by atoms with Crippen LogP contribution < -0.4 is 0 Å². The highest BCUT2D eigenvalue weighted by atomic mass is 14.8. The first kappa shape index (κ1) is 52.7. The molecule has 0 saturated heterocycles. The third-order valence-corrected chi connectivity index (χ3v) is 19.0. The Morgan fingerprint density at radius 1 is 0.278 bits per heavy atom. The van der Waals surface area contributed by atoms with Crippen molar-refractivity contribution < 1.29 is 0 Å². The SMILES string of the molecule is Cc1cc(C)c2nc(-c3ccc4c5c(cccc35)-c3c-4c(-c4ccccc4)c4ccccc4c3-c3ccccc3)cc(C)c2c1.[C-]#[N+]c1cc2cccc(C)c2nc1-c1ccc2c3c(cccc13)-c1c-2c(-c2ccccc2)c2ccccc2c1-c1ccccc1. The van der Waals surface area contributed by atoms with Crippen LogP contribution in [0.3, 0.4) is 0 Å². The second kappa shape index (κ2) is 20.8. The molecule has 16 aromatic rings. The summed E-state index contributed by atoms with van der Waals surface area (Å²) < 4.78 is 0. The Labute approximate surface area is 523 Å². The Bertz CT molecular complexity index is 5560. The molecule has 2 aromatic heterocycles. The Kier molecular flexibility index (Phi) is 12.2. The zero-order valence-corrected chi connectivity index (χ0v) is 50.3. The highest BCUT2D eigenvalue weighted by Gasteiger charge is 2.34. The molecule has 14 aromatic carbocycles. The zero-order chi connectivity index (χ0) is 60.3. The Morgan fingerprint density at radius 3 is 1.14 bits per heavy atom. The van der Waals surface area contributed by atoms with E-state index in [2.05, 4.69) is 287 Å². The summed E-state index contributed by atoms with van der Waals surface area (Å²) in [5.74, 6) is 0. The van der Waals surface area contributed by atoms with Crippen LogP contribution in [0.4, 0.5) is 5.69 Å². The second-order valence-electron chi connectivity index (χ2n) is 24.2. The van der Waals surface area contributed by atoms with Crippen molar-refractivity contribution in [3.05, 3.63) is 307 Å². The van der Waals surface area contributed by atoms with Crippen LogP contribution in [-0.2, 0) is 0 Å². The van der Waals surface area contributed by atoms with Gasteiger partial charge in [-0.3, -0.25) is 4.98 Å². The molecule has 3 nitrogen and oxygen atoms in total. The molecule has 18 rings (SSSR count). The Morgan fingerprint density at radius 2 is 0.678 bits per heavy atom. The van der Waals surface area contributed by atoms with Crippen molar-refractivity contribution in [2.45, 2.75) is 27.7 Å². The number of hydrogen-bond acceptors (Lipinski definition) is 2. The Balaban J connectivity index is 0.000000139. The minimum absolute atomic E-state index is 0.574. The van der Waals surface area contributed by atoms with Gasteiger partial charge in [0.05, 0.1) is 29.0 Å². The van der Waals surface area contributed by atoms with E-state index in [1.807, 2.05) is 18.2 Å². The van der Waals surface area contributed by atoms with E-state index in [9.17, 15) is 0 Å². The van der Waals surface area contributed by atoms with Crippen molar-refractivity contribution in [2.24, 2.45) is 0 Å².